The zero-order valence-corrected chi connectivity index (χ0v) is 23.5. The first-order valence-electron chi connectivity index (χ1n) is 14.9. The smallest absolute Gasteiger partial charge is 0.319 e. The number of benzene rings is 3. The Labute approximate surface area is 239 Å². The van der Waals surface area contributed by atoms with E-state index in [0.717, 1.165) is 62.4 Å². The number of ether oxygens (including phenoxy) is 2. The lowest BCUT2D eigenvalue weighted by Gasteiger charge is -2.39. The maximum atomic E-state index is 16.6. The van der Waals surface area contributed by atoms with Gasteiger partial charge in [-0.25, -0.2) is 4.39 Å². The number of phenols is 1. The van der Waals surface area contributed by atoms with Crippen molar-refractivity contribution in [3.8, 4) is 22.9 Å². The molecular formula is C33H37FN4O3. The van der Waals surface area contributed by atoms with Gasteiger partial charge < -0.3 is 24.8 Å². The number of hydrogen-bond acceptors (Lipinski definition) is 7. The van der Waals surface area contributed by atoms with Crippen molar-refractivity contribution in [1.82, 2.24) is 15.3 Å². The topological polar surface area (TPSA) is 79.7 Å². The molecule has 41 heavy (non-hydrogen) atoms. The fraction of sp³-hybridized carbons (Fsp3) is 0.455. The lowest BCUT2D eigenvalue weighted by Crippen LogP contribution is -2.49. The molecule has 2 N–H and O–H groups in total. The van der Waals surface area contributed by atoms with Crippen LogP contribution in [0.25, 0.3) is 32.8 Å². The number of aromatic nitrogens is 2. The molecule has 8 heteroatoms. The molecule has 3 aliphatic rings. The third-order valence-corrected chi connectivity index (χ3v) is 9.55. The quantitative estimate of drug-likeness (QED) is 0.292. The van der Waals surface area contributed by atoms with Gasteiger partial charge in [-0.2, -0.15) is 9.97 Å². The Morgan fingerprint density at radius 2 is 1.90 bits per heavy atom. The zero-order valence-electron chi connectivity index (χ0n) is 23.5. The van der Waals surface area contributed by atoms with Crippen LogP contribution < -0.4 is 15.0 Å². The Kier molecular flexibility index (Phi) is 6.91. The van der Waals surface area contributed by atoms with Crippen LogP contribution in [0.4, 0.5) is 10.2 Å². The highest BCUT2D eigenvalue weighted by Crippen LogP contribution is 2.45. The molecule has 1 aromatic heterocycles. The standard InChI is InChI=1S/C33H37FN4O3/c1-40-23-8-5-16-38(19-23)31-26-12-11-25(27-18-22(39)17-21-7-2-3-9-24(21)27)29(34)30(26)36-32(37-31)41-20-33-13-4-10-28(33)35-15-6-14-33/h2-3,7,9,11-12,17-18,23,28,35,39H,4-6,8,10,13-16,19-20H2,1H3. The number of nitrogens with zero attached hydrogens (tertiary/aromatic N) is 3. The number of phenolic OH excluding ortho intramolecular Hbond substituents is 1. The number of fused-ring (bicyclic) bond motifs is 3. The minimum Gasteiger partial charge on any atom is -0.508 e. The molecule has 214 valence electrons. The van der Waals surface area contributed by atoms with Crippen LogP contribution in [0, 0.1) is 11.2 Å². The van der Waals surface area contributed by atoms with E-state index in [1.807, 2.05) is 30.3 Å². The van der Waals surface area contributed by atoms with Gasteiger partial charge in [0.1, 0.15) is 17.1 Å². The second kappa shape index (κ2) is 10.7. The molecule has 7 rings (SSSR count). The summed E-state index contributed by atoms with van der Waals surface area (Å²) in [6.45, 7) is 3.06. The molecule has 0 radical (unpaired) electrons. The first-order chi connectivity index (χ1) is 20.0. The van der Waals surface area contributed by atoms with Crippen LogP contribution in [0.1, 0.15) is 44.9 Å². The monoisotopic (exact) mass is 556 g/mol. The van der Waals surface area contributed by atoms with E-state index >= 15 is 4.39 Å². The van der Waals surface area contributed by atoms with Crippen LogP contribution >= 0.6 is 0 Å². The number of hydrogen-bond donors (Lipinski definition) is 2. The van der Waals surface area contributed by atoms with E-state index in [2.05, 4.69) is 10.2 Å². The highest BCUT2D eigenvalue weighted by Gasteiger charge is 2.45. The van der Waals surface area contributed by atoms with Crippen molar-refractivity contribution in [1.29, 1.82) is 0 Å². The number of rotatable bonds is 6. The zero-order chi connectivity index (χ0) is 28.0. The summed E-state index contributed by atoms with van der Waals surface area (Å²) in [6.07, 6.45) is 7.76. The maximum Gasteiger partial charge on any atom is 0.319 e. The summed E-state index contributed by atoms with van der Waals surface area (Å²) in [6, 6.07) is 15.4. The van der Waals surface area contributed by atoms with Crippen molar-refractivity contribution in [3.63, 3.8) is 0 Å². The van der Waals surface area contributed by atoms with E-state index in [9.17, 15) is 5.11 Å². The van der Waals surface area contributed by atoms with Crippen molar-refractivity contribution in [2.24, 2.45) is 5.41 Å². The lowest BCUT2D eigenvalue weighted by atomic mass is 9.76. The lowest BCUT2D eigenvalue weighted by molar-refractivity contribution is 0.0795. The van der Waals surface area contributed by atoms with Crippen LogP contribution in [0.3, 0.4) is 0 Å². The van der Waals surface area contributed by atoms with Crippen LogP contribution in [0.15, 0.2) is 48.5 Å². The number of halogens is 1. The SMILES string of the molecule is COC1CCCN(c2nc(OCC34CCCNC3CCC4)nc3c(F)c(-c4cc(O)cc5ccccc45)ccc23)C1. The van der Waals surface area contributed by atoms with Gasteiger partial charge in [-0.15, -0.1) is 0 Å². The molecule has 1 aliphatic carbocycles. The maximum absolute atomic E-state index is 16.6. The molecule has 0 spiro atoms. The Morgan fingerprint density at radius 1 is 1.02 bits per heavy atom. The average Bonchev–Trinajstić information content (AvgIpc) is 3.44. The highest BCUT2D eigenvalue weighted by molar-refractivity contribution is 6.01. The first-order valence-corrected chi connectivity index (χ1v) is 14.9. The molecule has 2 aliphatic heterocycles. The minimum absolute atomic E-state index is 0.0733. The van der Waals surface area contributed by atoms with Gasteiger partial charge in [0.2, 0.25) is 0 Å². The fourth-order valence-corrected chi connectivity index (χ4v) is 7.41. The van der Waals surface area contributed by atoms with Crippen molar-refractivity contribution < 1.29 is 19.0 Å². The van der Waals surface area contributed by atoms with Gasteiger partial charge in [-0.3, -0.25) is 0 Å². The summed E-state index contributed by atoms with van der Waals surface area (Å²) in [4.78, 5) is 11.8. The summed E-state index contributed by atoms with van der Waals surface area (Å²) < 4.78 is 28.7. The van der Waals surface area contributed by atoms with Gasteiger partial charge in [0.15, 0.2) is 5.82 Å². The molecule has 2 saturated heterocycles. The number of aromatic hydroxyl groups is 1. The van der Waals surface area contributed by atoms with Crippen LogP contribution in [-0.2, 0) is 4.74 Å². The molecule has 7 nitrogen and oxygen atoms in total. The van der Waals surface area contributed by atoms with Crippen LogP contribution in [0.5, 0.6) is 11.8 Å². The third kappa shape index (κ3) is 4.77. The summed E-state index contributed by atoms with van der Waals surface area (Å²) in [5.74, 6) is 0.333. The number of piperidine rings is 2. The predicted octanol–water partition coefficient (Wildman–Crippen LogP) is 6.21. The van der Waals surface area contributed by atoms with Gasteiger partial charge in [-0.1, -0.05) is 36.8 Å². The van der Waals surface area contributed by atoms with Gasteiger partial charge in [0.05, 0.1) is 12.7 Å². The highest BCUT2D eigenvalue weighted by atomic mass is 19.1. The normalized spacial score (nSPS) is 24.6. The van der Waals surface area contributed by atoms with Crippen molar-refractivity contribution in [2.75, 3.05) is 38.3 Å². The summed E-state index contributed by atoms with van der Waals surface area (Å²) in [7, 11) is 1.74. The summed E-state index contributed by atoms with van der Waals surface area (Å²) in [5.41, 5.74) is 1.32. The predicted molar refractivity (Wildman–Crippen MR) is 159 cm³/mol. The number of nitrogens with one attached hydrogen (secondary N) is 1. The molecule has 0 bridgehead atoms. The van der Waals surface area contributed by atoms with E-state index in [4.69, 9.17) is 19.4 Å². The molecular weight excluding hydrogens is 519 g/mol. The van der Waals surface area contributed by atoms with E-state index in [1.54, 1.807) is 25.3 Å². The molecule has 0 amide bonds. The van der Waals surface area contributed by atoms with E-state index in [0.29, 0.717) is 41.5 Å². The summed E-state index contributed by atoms with van der Waals surface area (Å²) in [5, 5.41) is 16.5. The van der Waals surface area contributed by atoms with Gasteiger partial charge >= 0.3 is 6.01 Å². The molecule has 4 aromatic rings. The molecule has 3 heterocycles. The Bertz CT molecular complexity index is 1600. The Hall–Kier alpha value is -3.49. The fourth-order valence-electron chi connectivity index (χ4n) is 7.41. The van der Waals surface area contributed by atoms with Crippen molar-refractivity contribution >= 4 is 27.5 Å². The van der Waals surface area contributed by atoms with Crippen LogP contribution in [-0.4, -0.2) is 60.6 Å². The van der Waals surface area contributed by atoms with E-state index in [1.165, 1.54) is 6.42 Å². The Morgan fingerprint density at radius 3 is 2.80 bits per heavy atom. The molecule has 1 saturated carbocycles. The van der Waals surface area contributed by atoms with Gasteiger partial charge in [0.25, 0.3) is 0 Å². The molecule has 3 fully saturated rings. The van der Waals surface area contributed by atoms with E-state index in [-0.39, 0.29) is 28.8 Å². The second-order valence-corrected chi connectivity index (χ2v) is 12.0. The number of anilines is 1. The van der Waals surface area contributed by atoms with E-state index < -0.39 is 5.82 Å². The second-order valence-electron chi connectivity index (χ2n) is 12.0. The third-order valence-electron chi connectivity index (χ3n) is 9.55. The molecule has 3 atom stereocenters. The first kappa shape index (κ1) is 26.4. The van der Waals surface area contributed by atoms with Crippen molar-refractivity contribution in [2.45, 2.75) is 57.1 Å². The Balaban J connectivity index is 1.34. The number of methoxy groups -OCH3 is 1. The molecule has 3 aromatic carbocycles. The largest absolute Gasteiger partial charge is 0.508 e. The average molecular weight is 557 g/mol. The minimum atomic E-state index is -0.441. The van der Waals surface area contributed by atoms with Crippen molar-refractivity contribution in [3.05, 3.63) is 54.3 Å². The van der Waals surface area contributed by atoms with Gasteiger partial charge in [-0.05, 0) is 79.6 Å². The van der Waals surface area contributed by atoms with Gasteiger partial charge in [0, 0.05) is 42.6 Å². The molecule has 3 unspecified atom stereocenters. The summed E-state index contributed by atoms with van der Waals surface area (Å²) >= 11 is 0. The van der Waals surface area contributed by atoms with Crippen LogP contribution in [0.2, 0.25) is 0 Å².